The highest BCUT2D eigenvalue weighted by molar-refractivity contribution is 7.52. The second-order valence-electron chi connectivity index (χ2n) is 7.83. The molecule has 0 aliphatic carbocycles. The van der Waals surface area contributed by atoms with Crippen molar-refractivity contribution in [1.82, 2.24) is 0 Å². The molecule has 210 valence electrons. The summed E-state index contributed by atoms with van der Waals surface area (Å²) in [6, 6.07) is 0. The van der Waals surface area contributed by atoms with Gasteiger partial charge in [0, 0.05) is 6.92 Å². The number of hydrogen-bond donors (Lipinski definition) is 1. The molecule has 15 heteroatoms. The lowest BCUT2D eigenvalue weighted by Gasteiger charge is -2.24. The Hall–Kier alpha value is -2.41. The number of carbonyl (C=O) groups is 3. The van der Waals surface area contributed by atoms with Gasteiger partial charge in [-0.05, 0) is 12.8 Å². The summed E-state index contributed by atoms with van der Waals surface area (Å²) in [5.41, 5.74) is 5.85. The number of ether oxygens (including phenoxy) is 4. The molecular weight excluding hydrogens is 501 g/mol. The molecule has 0 atom stereocenters. The minimum atomic E-state index is -4.30. The van der Waals surface area contributed by atoms with E-state index in [2.05, 4.69) is 4.76 Å². The predicted molar refractivity (Wildman–Crippen MR) is 129 cm³/mol. The van der Waals surface area contributed by atoms with Crippen LogP contribution in [0.5, 0.6) is 0 Å². The maximum absolute atomic E-state index is 13.1. The lowest BCUT2D eigenvalue weighted by Crippen LogP contribution is -2.51. The number of hydrogen-bond acceptors (Lipinski definition) is 11. The van der Waals surface area contributed by atoms with Gasteiger partial charge in [-0.3, -0.25) is 13.9 Å². The van der Waals surface area contributed by atoms with E-state index in [1.807, 2.05) is 13.8 Å². The van der Waals surface area contributed by atoms with Gasteiger partial charge in [-0.1, -0.05) is 44.2 Å². The molecule has 0 amide bonds. The molecule has 0 unspecified atom stereocenters. The van der Waals surface area contributed by atoms with Crippen LogP contribution in [0.4, 0.5) is 9.59 Å². The zero-order valence-electron chi connectivity index (χ0n) is 21.9. The van der Waals surface area contributed by atoms with Crippen LogP contribution in [0.15, 0.2) is 4.76 Å². The van der Waals surface area contributed by atoms with Crippen LogP contribution in [0.2, 0.25) is 0 Å². The Morgan fingerprint density at radius 3 is 1.56 bits per heavy atom. The topological polar surface area (TPSA) is 171 Å². The van der Waals surface area contributed by atoms with E-state index in [4.69, 9.17) is 38.6 Å². The van der Waals surface area contributed by atoms with Crippen molar-refractivity contribution in [3.63, 3.8) is 0 Å². The van der Waals surface area contributed by atoms with Crippen LogP contribution in [0.3, 0.4) is 0 Å². The maximum atomic E-state index is 13.1. The van der Waals surface area contributed by atoms with E-state index in [0.717, 1.165) is 32.6 Å². The molecule has 36 heavy (non-hydrogen) atoms. The molecule has 0 spiro atoms. The zero-order valence-corrected chi connectivity index (χ0v) is 22.8. The Balaban J connectivity index is 4.90. The Morgan fingerprint density at radius 2 is 1.17 bits per heavy atom. The highest BCUT2D eigenvalue weighted by atomic mass is 31.2. The van der Waals surface area contributed by atoms with Crippen molar-refractivity contribution in [3.05, 3.63) is 0 Å². The molecular formula is C21H41N3O11P+. The smallest absolute Gasteiger partial charge is 0.434 e. The second kappa shape index (κ2) is 18.8. The fourth-order valence-corrected chi connectivity index (χ4v) is 3.62. The van der Waals surface area contributed by atoms with Crippen molar-refractivity contribution in [2.75, 3.05) is 53.7 Å². The average molecular weight is 543 g/mol. The van der Waals surface area contributed by atoms with Gasteiger partial charge in [-0.2, -0.15) is 0 Å². The molecule has 0 saturated heterocycles. The Kier molecular flexibility index (Phi) is 17.5. The van der Waals surface area contributed by atoms with Crippen LogP contribution in [-0.2, 0) is 42.2 Å². The van der Waals surface area contributed by atoms with Crippen molar-refractivity contribution < 1.29 is 56.4 Å². The highest BCUT2D eigenvalue weighted by Crippen LogP contribution is 2.50. The van der Waals surface area contributed by atoms with Gasteiger partial charge < -0.3 is 24.7 Å². The van der Waals surface area contributed by atoms with Gasteiger partial charge in [0.05, 0.1) is 26.4 Å². The van der Waals surface area contributed by atoms with Crippen LogP contribution in [0.1, 0.15) is 59.3 Å². The predicted octanol–water partition coefficient (Wildman–Crippen LogP) is 3.68. The largest absolute Gasteiger partial charge is 0.508 e. The number of guanidine groups is 1. The Morgan fingerprint density at radius 1 is 0.750 bits per heavy atom. The first-order chi connectivity index (χ1) is 17.0. The third-order valence-electron chi connectivity index (χ3n) is 4.18. The third-order valence-corrected chi connectivity index (χ3v) is 5.65. The van der Waals surface area contributed by atoms with Crippen LogP contribution in [0, 0.1) is 0 Å². The lowest BCUT2D eigenvalue weighted by molar-refractivity contribution is -0.986. The number of hydroxylamine groups is 3. The number of nitrogens with zero attached hydrogens (tertiary/aromatic N) is 2. The molecule has 0 radical (unpaired) electrons. The summed E-state index contributed by atoms with van der Waals surface area (Å²) in [6.45, 7) is 4.28. The van der Waals surface area contributed by atoms with Gasteiger partial charge in [0.1, 0.15) is 27.3 Å². The third kappa shape index (κ3) is 17.1. The van der Waals surface area contributed by atoms with Crippen molar-refractivity contribution in [1.29, 1.82) is 0 Å². The first-order valence-electron chi connectivity index (χ1n) is 11.8. The fraction of sp³-hybridized carbons (Fsp3) is 0.810. The standard InChI is InChI=1S/C21H41N3O11P/c1-6-8-10-12-29-20(26)31-14-16-33-36(28,23-19(22)24(4,5)35-18(3)25)34-17-15-32-21(27)30-13-11-9-7-2/h6-17H2,1-5H3,(H2,22,23,28)/q+1. The van der Waals surface area contributed by atoms with E-state index in [-0.39, 0.29) is 39.6 Å². The summed E-state index contributed by atoms with van der Waals surface area (Å²) in [5.74, 6) is -1.06. The van der Waals surface area contributed by atoms with E-state index < -0.39 is 36.6 Å². The van der Waals surface area contributed by atoms with Gasteiger partial charge in [0.2, 0.25) is 0 Å². The van der Waals surface area contributed by atoms with Gasteiger partial charge >= 0.3 is 32.0 Å². The van der Waals surface area contributed by atoms with Gasteiger partial charge in [0.25, 0.3) is 0 Å². The van der Waals surface area contributed by atoms with Crippen LogP contribution in [0.25, 0.3) is 0 Å². The number of nitrogens with two attached hydrogens (primary N) is 1. The first kappa shape index (κ1) is 33.6. The summed E-state index contributed by atoms with van der Waals surface area (Å²) in [7, 11) is -1.55. The quantitative estimate of drug-likeness (QED) is 0.0538. The van der Waals surface area contributed by atoms with E-state index in [1.54, 1.807) is 0 Å². The molecule has 2 N–H and O–H groups in total. The van der Waals surface area contributed by atoms with Crippen LogP contribution in [-0.4, -0.2) is 82.6 Å². The SMILES string of the molecule is CCCCCOC(=O)OCCOP(=O)(N=C(N)[N+](C)(C)OC(C)=O)OCCOC(=O)OCCCCC. The van der Waals surface area contributed by atoms with Gasteiger partial charge in [0.15, 0.2) is 0 Å². The maximum Gasteiger partial charge on any atom is 0.508 e. The van der Waals surface area contributed by atoms with E-state index >= 15 is 0 Å². The summed E-state index contributed by atoms with van der Waals surface area (Å²) in [4.78, 5) is 39.4. The Labute approximate surface area is 212 Å². The zero-order chi connectivity index (χ0) is 27.5. The monoisotopic (exact) mass is 542 g/mol. The molecule has 0 aliphatic heterocycles. The molecule has 0 aromatic carbocycles. The second-order valence-corrected chi connectivity index (χ2v) is 9.49. The lowest BCUT2D eigenvalue weighted by atomic mass is 10.3. The average Bonchev–Trinajstić information content (AvgIpc) is 2.79. The van der Waals surface area contributed by atoms with E-state index in [0.29, 0.717) is 12.8 Å². The van der Waals surface area contributed by atoms with Crippen molar-refractivity contribution in [3.8, 4) is 0 Å². The molecule has 0 aliphatic rings. The van der Waals surface area contributed by atoms with Crippen molar-refractivity contribution in [2.24, 2.45) is 10.5 Å². The van der Waals surface area contributed by atoms with Gasteiger partial charge in [-0.15, -0.1) is 4.76 Å². The van der Waals surface area contributed by atoms with E-state index in [9.17, 15) is 18.9 Å². The molecule has 0 heterocycles. The summed E-state index contributed by atoms with van der Waals surface area (Å²) in [6.07, 6.45) is 3.41. The molecule has 0 fully saturated rings. The highest BCUT2D eigenvalue weighted by Gasteiger charge is 2.33. The van der Waals surface area contributed by atoms with E-state index in [1.165, 1.54) is 14.1 Å². The molecule has 0 aromatic rings. The van der Waals surface area contributed by atoms with Crippen molar-refractivity contribution in [2.45, 2.75) is 59.3 Å². The number of quaternary nitrogens is 1. The molecule has 0 bridgehead atoms. The normalized spacial score (nSPS) is 12.1. The minimum Gasteiger partial charge on any atom is -0.434 e. The van der Waals surface area contributed by atoms with Crippen molar-refractivity contribution >= 4 is 32.0 Å². The molecule has 14 nitrogen and oxygen atoms in total. The summed E-state index contributed by atoms with van der Waals surface area (Å²) < 4.78 is 46.1. The van der Waals surface area contributed by atoms with Crippen LogP contribution >= 0.6 is 7.75 Å². The summed E-state index contributed by atoms with van der Waals surface area (Å²) >= 11 is 0. The minimum absolute atomic E-state index is 0.222. The molecule has 0 aromatic heterocycles. The fourth-order valence-electron chi connectivity index (χ4n) is 2.35. The molecule has 0 rings (SSSR count). The number of rotatable bonds is 17. The Bertz CT molecular complexity index is 711. The van der Waals surface area contributed by atoms with Crippen LogP contribution < -0.4 is 5.73 Å². The van der Waals surface area contributed by atoms with Gasteiger partial charge in [-0.25, -0.2) is 18.9 Å². The summed E-state index contributed by atoms with van der Waals surface area (Å²) in [5, 5.41) is 0. The molecule has 0 saturated carbocycles. The number of carbonyl (C=O) groups excluding carboxylic acids is 3. The first-order valence-corrected chi connectivity index (χ1v) is 13.3. The number of unbranched alkanes of at least 4 members (excludes halogenated alkanes) is 4.